The van der Waals surface area contributed by atoms with Crippen LogP contribution >= 0.6 is 0 Å². The number of hydrogen-bond acceptors (Lipinski definition) is 5. The van der Waals surface area contributed by atoms with Gasteiger partial charge >= 0.3 is 6.03 Å². The molecule has 0 radical (unpaired) electrons. The first kappa shape index (κ1) is 27.2. The molecule has 0 aliphatic carbocycles. The third-order valence-corrected chi connectivity index (χ3v) is 7.40. The quantitative estimate of drug-likeness (QED) is 0.354. The van der Waals surface area contributed by atoms with Gasteiger partial charge in [0.1, 0.15) is 11.3 Å². The van der Waals surface area contributed by atoms with Gasteiger partial charge in [0, 0.05) is 20.1 Å². The number of carbonyl (C=O) groups excluding carboxylic acids is 2. The number of hydrogen-bond donors (Lipinski definition) is 1. The van der Waals surface area contributed by atoms with Crippen LogP contribution in [-0.2, 0) is 16.0 Å². The summed E-state index contributed by atoms with van der Waals surface area (Å²) in [6.45, 7) is 10.2. The molecule has 1 aromatic rings. The predicted octanol–water partition coefficient (Wildman–Crippen LogP) is 4.27. The van der Waals surface area contributed by atoms with Crippen LogP contribution in [0.5, 0.6) is 5.75 Å². The Bertz CT molecular complexity index is 890. The van der Waals surface area contributed by atoms with Crippen molar-refractivity contribution in [1.82, 2.24) is 15.1 Å². The molecule has 0 saturated carbocycles. The van der Waals surface area contributed by atoms with Gasteiger partial charge in [-0.3, -0.25) is 9.69 Å². The summed E-state index contributed by atoms with van der Waals surface area (Å²) in [5, 5.41) is 3.14. The summed E-state index contributed by atoms with van der Waals surface area (Å²) >= 11 is 0. The summed E-state index contributed by atoms with van der Waals surface area (Å²) in [4.78, 5) is 30.5. The maximum atomic E-state index is 13.8. The molecule has 2 aliphatic rings. The summed E-state index contributed by atoms with van der Waals surface area (Å²) < 4.78 is 10.6. The minimum atomic E-state index is -0.932. The Hall–Kier alpha value is -2.38. The fraction of sp³-hybridized carbons (Fsp3) is 0.643. The van der Waals surface area contributed by atoms with Crippen molar-refractivity contribution in [3.05, 3.63) is 41.5 Å². The van der Waals surface area contributed by atoms with Crippen LogP contribution in [0.4, 0.5) is 4.79 Å². The molecule has 3 rings (SSSR count). The number of amides is 3. The van der Waals surface area contributed by atoms with Crippen molar-refractivity contribution < 1.29 is 19.1 Å². The van der Waals surface area contributed by atoms with Gasteiger partial charge in [-0.1, -0.05) is 30.7 Å². The Kier molecular flexibility index (Phi) is 9.75. The zero-order valence-corrected chi connectivity index (χ0v) is 22.1. The van der Waals surface area contributed by atoms with Gasteiger partial charge in [0.2, 0.25) is 0 Å². The summed E-state index contributed by atoms with van der Waals surface area (Å²) in [6, 6.07) is 7.48. The van der Waals surface area contributed by atoms with Gasteiger partial charge in [0.15, 0.2) is 0 Å². The summed E-state index contributed by atoms with van der Waals surface area (Å²) in [7, 11) is 3.22. The normalized spacial score (nSPS) is 22.3. The summed E-state index contributed by atoms with van der Waals surface area (Å²) in [5.74, 6) is 1.33. The summed E-state index contributed by atoms with van der Waals surface area (Å²) in [6.07, 6.45) is 6.86. The van der Waals surface area contributed by atoms with E-state index in [9.17, 15) is 9.59 Å². The lowest BCUT2D eigenvalue weighted by Gasteiger charge is -2.41. The van der Waals surface area contributed by atoms with Crippen molar-refractivity contribution in [3.63, 3.8) is 0 Å². The second kappa shape index (κ2) is 12.5. The highest BCUT2D eigenvalue weighted by Crippen LogP contribution is 2.37. The molecule has 35 heavy (non-hydrogen) atoms. The lowest BCUT2D eigenvalue weighted by Crippen LogP contribution is -2.57. The first-order valence-corrected chi connectivity index (χ1v) is 12.9. The first-order valence-electron chi connectivity index (χ1n) is 12.9. The molecule has 0 aromatic heterocycles. The van der Waals surface area contributed by atoms with Gasteiger partial charge in [-0.05, 0) is 82.2 Å². The molecule has 1 aromatic carbocycles. The Morgan fingerprint density at radius 2 is 1.97 bits per heavy atom. The highest BCUT2D eigenvalue weighted by Gasteiger charge is 2.55. The smallest absolute Gasteiger partial charge is 0.325 e. The average Bonchev–Trinajstić information content (AvgIpc) is 3.07. The van der Waals surface area contributed by atoms with E-state index in [4.69, 9.17) is 9.47 Å². The molecule has 7 heteroatoms. The van der Waals surface area contributed by atoms with Crippen molar-refractivity contribution >= 4 is 11.9 Å². The van der Waals surface area contributed by atoms with E-state index in [-0.39, 0.29) is 24.4 Å². The summed E-state index contributed by atoms with van der Waals surface area (Å²) in [5.41, 5.74) is 1.43. The van der Waals surface area contributed by atoms with Crippen LogP contribution in [-0.4, -0.2) is 74.3 Å². The zero-order chi connectivity index (χ0) is 25.4. The number of piperidine rings is 1. The van der Waals surface area contributed by atoms with E-state index in [1.165, 1.54) is 16.9 Å². The number of likely N-dealkylation sites (tertiary alicyclic amines) is 1. The highest BCUT2D eigenvalue weighted by atomic mass is 16.5. The van der Waals surface area contributed by atoms with Crippen LogP contribution in [0.25, 0.3) is 0 Å². The molecular formula is C28H43N3O4. The fourth-order valence-corrected chi connectivity index (χ4v) is 5.47. The van der Waals surface area contributed by atoms with Crippen LogP contribution in [0.1, 0.15) is 52.0 Å². The molecule has 3 amide bonds. The minimum Gasteiger partial charge on any atom is -0.497 e. The van der Waals surface area contributed by atoms with E-state index in [1.807, 2.05) is 24.3 Å². The molecule has 0 bridgehead atoms. The monoisotopic (exact) mass is 485 g/mol. The molecular weight excluding hydrogens is 442 g/mol. The van der Waals surface area contributed by atoms with Crippen molar-refractivity contribution in [1.29, 1.82) is 0 Å². The number of nitrogens with zero attached hydrogens (tertiary/aromatic N) is 2. The fourth-order valence-electron chi connectivity index (χ4n) is 5.47. The van der Waals surface area contributed by atoms with Gasteiger partial charge < -0.3 is 19.7 Å². The van der Waals surface area contributed by atoms with Gasteiger partial charge in [-0.25, -0.2) is 4.79 Å². The second-order valence-electron chi connectivity index (χ2n) is 10.4. The van der Waals surface area contributed by atoms with Crippen LogP contribution in [0.15, 0.2) is 35.9 Å². The molecule has 2 atom stereocenters. The Morgan fingerprint density at radius 1 is 1.23 bits per heavy atom. The SMILES string of the molecule is COCCN1C(=O)N[C@@](Cc2cccc(OC)c2)(C2CCN(C[C@H](C)CCC=C(C)C)CC2)C1=O. The Labute approximate surface area is 210 Å². The second-order valence-corrected chi connectivity index (χ2v) is 10.4. The largest absolute Gasteiger partial charge is 0.497 e. The molecule has 7 nitrogen and oxygen atoms in total. The van der Waals surface area contributed by atoms with E-state index < -0.39 is 5.54 Å². The molecule has 1 N–H and O–H groups in total. The topological polar surface area (TPSA) is 71.1 Å². The van der Waals surface area contributed by atoms with E-state index in [2.05, 4.69) is 37.1 Å². The average molecular weight is 486 g/mol. The molecule has 194 valence electrons. The van der Waals surface area contributed by atoms with E-state index >= 15 is 0 Å². The van der Waals surface area contributed by atoms with Crippen LogP contribution in [0, 0.1) is 11.8 Å². The van der Waals surface area contributed by atoms with E-state index in [1.54, 1.807) is 14.2 Å². The Morgan fingerprint density at radius 3 is 2.63 bits per heavy atom. The number of ether oxygens (including phenoxy) is 2. The van der Waals surface area contributed by atoms with Crippen molar-refractivity contribution in [2.24, 2.45) is 11.8 Å². The first-order chi connectivity index (χ1) is 16.8. The van der Waals surface area contributed by atoms with Crippen molar-refractivity contribution in [2.45, 2.75) is 58.4 Å². The van der Waals surface area contributed by atoms with Crippen molar-refractivity contribution in [3.8, 4) is 5.75 Å². The van der Waals surface area contributed by atoms with Gasteiger partial charge in [-0.15, -0.1) is 0 Å². The maximum absolute atomic E-state index is 13.8. The third-order valence-electron chi connectivity index (χ3n) is 7.40. The van der Waals surface area contributed by atoms with Crippen LogP contribution in [0.2, 0.25) is 0 Å². The van der Waals surface area contributed by atoms with Gasteiger partial charge in [-0.2, -0.15) is 0 Å². The van der Waals surface area contributed by atoms with E-state index in [0.29, 0.717) is 18.9 Å². The Balaban J connectivity index is 1.72. The lowest BCUT2D eigenvalue weighted by atomic mass is 9.73. The number of methoxy groups -OCH3 is 2. The van der Waals surface area contributed by atoms with Gasteiger partial charge in [0.25, 0.3) is 5.91 Å². The van der Waals surface area contributed by atoms with E-state index in [0.717, 1.165) is 50.2 Å². The third kappa shape index (κ3) is 6.85. The molecule has 2 aliphatic heterocycles. The zero-order valence-electron chi connectivity index (χ0n) is 22.1. The van der Waals surface area contributed by atoms with Crippen LogP contribution < -0.4 is 10.1 Å². The lowest BCUT2D eigenvalue weighted by molar-refractivity contribution is -0.134. The molecule has 2 fully saturated rings. The standard InChI is InChI=1S/C28H43N3O4/c1-21(2)8-6-9-22(3)20-30-14-12-24(13-15-30)28(19-23-10-7-11-25(18-23)35-5)26(32)31(16-17-34-4)27(33)29-28/h7-8,10-11,18,22,24H,6,9,12-17,19-20H2,1-5H3,(H,29,33)/t22-,28+/m1/s1. The molecule has 0 spiro atoms. The number of carbonyl (C=O) groups is 2. The van der Waals surface area contributed by atoms with Gasteiger partial charge in [0.05, 0.1) is 20.3 Å². The number of nitrogens with one attached hydrogen (secondary N) is 1. The molecule has 0 unspecified atom stereocenters. The van der Waals surface area contributed by atoms with Crippen LogP contribution in [0.3, 0.4) is 0 Å². The predicted molar refractivity (Wildman–Crippen MR) is 139 cm³/mol. The number of rotatable bonds is 12. The number of imide groups is 1. The maximum Gasteiger partial charge on any atom is 0.325 e. The molecule has 2 heterocycles. The molecule has 2 saturated heterocycles. The number of benzene rings is 1. The highest BCUT2D eigenvalue weighted by molar-refractivity contribution is 6.07. The van der Waals surface area contributed by atoms with Crippen molar-refractivity contribution in [2.75, 3.05) is 47.0 Å². The number of urea groups is 1. The minimum absolute atomic E-state index is 0.0786. The number of allylic oxidation sites excluding steroid dienone is 2.